The first kappa shape index (κ1) is 14.0. The summed E-state index contributed by atoms with van der Waals surface area (Å²) < 4.78 is 5.63. The summed E-state index contributed by atoms with van der Waals surface area (Å²) in [6.07, 6.45) is 7.65. The summed E-state index contributed by atoms with van der Waals surface area (Å²) in [7, 11) is 0. The summed E-state index contributed by atoms with van der Waals surface area (Å²) in [5.41, 5.74) is 0. The van der Waals surface area contributed by atoms with Gasteiger partial charge >= 0.3 is 0 Å². The van der Waals surface area contributed by atoms with Gasteiger partial charge in [-0.1, -0.05) is 26.2 Å². The van der Waals surface area contributed by atoms with E-state index in [1.165, 1.54) is 32.1 Å². The van der Waals surface area contributed by atoms with Crippen molar-refractivity contribution >= 4 is 0 Å². The SMILES string of the molecule is CCCNC1COCC1c1nc(C2CCCCC2)n[nH]1. The van der Waals surface area contributed by atoms with Crippen LogP contribution in [0.2, 0.25) is 0 Å². The maximum Gasteiger partial charge on any atom is 0.153 e. The van der Waals surface area contributed by atoms with Crippen molar-refractivity contribution in [3.63, 3.8) is 0 Å². The lowest BCUT2D eigenvalue weighted by molar-refractivity contribution is 0.187. The molecule has 0 spiro atoms. The molecule has 1 saturated carbocycles. The average Bonchev–Trinajstić information content (AvgIpc) is 3.14. The minimum absolute atomic E-state index is 0.325. The van der Waals surface area contributed by atoms with Crippen molar-refractivity contribution in [2.45, 2.75) is 63.3 Å². The number of nitrogens with zero attached hydrogens (tertiary/aromatic N) is 2. The van der Waals surface area contributed by atoms with Gasteiger partial charge in [-0.3, -0.25) is 5.10 Å². The Morgan fingerprint density at radius 3 is 2.90 bits per heavy atom. The van der Waals surface area contributed by atoms with Crippen molar-refractivity contribution in [1.29, 1.82) is 0 Å². The third kappa shape index (κ3) is 3.04. The molecule has 2 heterocycles. The molecule has 0 aromatic carbocycles. The predicted molar refractivity (Wildman–Crippen MR) is 77.9 cm³/mol. The first-order valence-corrected chi connectivity index (χ1v) is 8.11. The van der Waals surface area contributed by atoms with Gasteiger partial charge in [0, 0.05) is 12.0 Å². The molecule has 20 heavy (non-hydrogen) atoms. The van der Waals surface area contributed by atoms with Crippen LogP contribution in [0.1, 0.15) is 68.9 Å². The van der Waals surface area contributed by atoms with Crippen LogP contribution in [0, 0.1) is 0 Å². The van der Waals surface area contributed by atoms with Crippen molar-refractivity contribution in [1.82, 2.24) is 20.5 Å². The lowest BCUT2D eigenvalue weighted by Crippen LogP contribution is -2.35. The van der Waals surface area contributed by atoms with Crippen molar-refractivity contribution in [2.24, 2.45) is 0 Å². The third-order valence-electron chi connectivity index (χ3n) is 4.58. The van der Waals surface area contributed by atoms with Gasteiger partial charge in [-0.15, -0.1) is 0 Å². The van der Waals surface area contributed by atoms with Gasteiger partial charge < -0.3 is 10.1 Å². The molecule has 1 aliphatic carbocycles. The molecule has 112 valence electrons. The molecular formula is C15H26N4O. The standard InChI is InChI=1S/C15H26N4O/c1-2-8-16-13-10-20-9-12(13)15-17-14(18-19-15)11-6-4-3-5-7-11/h11-13,16H,2-10H2,1H3,(H,17,18,19). The fourth-order valence-electron chi connectivity index (χ4n) is 3.35. The van der Waals surface area contributed by atoms with Crippen LogP contribution in [0.15, 0.2) is 0 Å². The van der Waals surface area contributed by atoms with Crippen LogP contribution in [-0.4, -0.2) is 41.0 Å². The van der Waals surface area contributed by atoms with Gasteiger partial charge in [0.25, 0.3) is 0 Å². The zero-order valence-corrected chi connectivity index (χ0v) is 12.4. The highest BCUT2D eigenvalue weighted by Crippen LogP contribution is 2.31. The summed E-state index contributed by atoms with van der Waals surface area (Å²) >= 11 is 0. The Hall–Kier alpha value is -0.940. The summed E-state index contributed by atoms with van der Waals surface area (Å²) in [5, 5.41) is 11.2. The predicted octanol–water partition coefficient (Wildman–Crippen LogP) is 2.33. The van der Waals surface area contributed by atoms with E-state index in [0.717, 1.165) is 37.8 Å². The number of nitrogens with one attached hydrogen (secondary N) is 2. The number of hydrogen-bond donors (Lipinski definition) is 2. The van der Waals surface area contributed by atoms with E-state index < -0.39 is 0 Å². The topological polar surface area (TPSA) is 62.8 Å². The second-order valence-corrected chi connectivity index (χ2v) is 6.12. The van der Waals surface area contributed by atoms with Crippen molar-refractivity contribution < 1.29 is 4.74 Å². The fourth-order valence-corrected chi connectivity index (χ4v) is 3.35. The van der Waals surface area contributed by atoms with E-state index >= 15 is 0 Å². The quantitative estimate of drug-likeness (QED) is 0.867. The van der Waals surface area contributed by atoms with Gasteiger partial charge in [0.2, 0.25) is 0 Å². The van der Waals surface area contributed by atoms with Crippen LogP contribution in [0.25, 0.3) is 0 Å². The molecule has 1 saturated heterocycles. The number of aromatic nitrogens is 3. The van der Waals surface area contributed by atoms with Gasteiger partial charge in [0.1, 0.15) is 5.82 Å². The van der Waals surface area contributed by atoms with Crippen molar-refractivity contribution in [2.75, 3.05) is 19.8 Å². The second kappa shape index (κ2) is 6.68. The number of hydrogen-bond acceptors (Lipinski definition) is 4. The molecule has 2 unspecified atom stereocenters. The molecular weight excluding hydrogens is 252 g/mol. The molecule has 0 bridgehead atoms. The highest BCUT2D eigenvalue weighted by molar-refractivity contribution is 5.08. The summed E-state index contributed by atoms with van der Waals surface area (Å²) in [6.45, 7) is 4.76. The Kier molecular flexibility index (Phi) is 4.68. The van der Waals surface area contributed by atoms with E-state index in [0.29, 0.717) is 17.9 Å². The Bertz CT molecular complexity index is 414. The Morgan fingerprint density at radius 2 is 2.10 bits per heavy atom. The number of aromatic amines is 1. The third-order valence-corrected chi connectivity index (χ3v) is 4.58. The van der Waals surface area contributed by atoms with E-state index in [9.17, 15) is 0 Å². The van der Waals surface area contributed by atoms with Crippen LogP contribution < -0.4 is 5.32 Å². The molecule has 0 radical (unpaired) electrons. The van der Waals surface area contributed by atoms with Crippen LogP contribution in [0.3, 0.4) is 0 Å². The first-order valence-electron chi connectivity index (χ1n) is 8.11. The van der Waals surface area contributed by atoms with Crippen LogP contribution in [-0.2, 0) is 4.74 Å². The van der Waals surface area contributed by atoms with Gasteiger partial charge in [0.15, 0.2) is 5.82 Å². The second-order valence-electron chi connectivity index (χ2n) is 6.12. The highest BCUT2D eigenvalue weighted by Gasteiger charge is 2.32. The molecule has 2 atom stereocenters. The van der Waals surface area contributed by atoms with Gasteiger partial charge in [-0.05, 0) is 25.8 Å². The van der Waals surface area contributed by atoms with Crippen molar-refractivity contribution in [3.8, 4) is 0 Å². The summed E-state index contributed by atoms with van der Waals surface area (Å²) in [4.78, 5) is 4.79. The molecule has 5 heteroatoms. The Labute approximate surface area is 120 Å². The first-order chi connectivity index (χ1) is 9.88. The smallest absolute Gasteiger partial charge is 0.153 e. The largest absolute Gasteiger partial charge is 0.379 e. The van der Waals surface area contributed by atoms with E-state index in [1.807, 2.05) is 0 Å². The molecule has 2 fully saturated rings. The van der Waals surface area contributed by atoms with Crippen LogP contribution in [0.4, 0.5) is 0 Å². The minimum Gasteiger partial charge on any atom is -0.379 e. The zero-order chi connectivity index (χ0) is 13.8. The highest BCUT2D eigenvalue weighted by atomic mass is 16.5. The summed E-state index contributed by atoms with van der Waals surface area (Å²) in [5.74, 6) is 2.93. The molecule has 2 aliphatic rings. The number of H-pyrrole nitrogens is 1. The fraction of sp³-hybridized carbons (Fsp3) is 0.867. The molecule has 3 rings (SSSR count). The monoisotopic (exact) mass is 278 g/mol. The van der Waals surface area contributed by atoms with Gasteiger partial charge in [0.05, 0.1) is 19.1 Å². The lowest BCUT2D eigenvalue weighted by atomic mass is 9.89. The van der Waals surface area contributed by atoms with Crippen LogP contribution in [0.5, 0.6) is 0 Å². The Morgan fingerprint density at radius 1 is 1.25 bits per heavy atom. The number of ether oxygens (including phenoxy) is 1. The van der Waals surface area contributed by atoms with E-state index in [-0.39, 0.29) is 0 Å². The van der Waals surface area contributed by atoms with E-state index in [1.54, 1.807) is 0 Å². The molecule has 0 amide bonds. The van der Waals surface area contributed by atoms with E-state index in [2.05, 4.69) is 22.4 Å². The molecule has 1 aromatic rings. The Balaban J connectivity index is 1.65. The minimum atomic E-state index is 0.325. The maximum atomic E-state index is 5.63. The molecule has 5 nitrogen and oxygen atoms in total. The van der Waals surface area contributed by atoms with E-state index in [4.69, 9.17) is 9.72 Å². The zero-order valence-electron chi connectivity index (χ0n) is 12.4. The lowest BCUT2D eigenvalue weighted by Gasteiger charge is -2.18. The van der Waals surface area contributed by atoms with Crippen molar-refractivity contribution in [3.05, 3.63) is 11.6 Å². The molecule has 1 aromatic heterocycles. The average molecular weight is 278 g/mol. The number of rotatable bonds is 5. The summed E-state index contributed by atoms with van der Waals surface area (Å²) in [6, 6.07) is 0.377. The van der Waals surface area contributed by atoms with Gasteiger partial charge in [-0.25, -0.2) is 4.98 Å². The maximum absolute atomic E-state index is 5.63. The van der Waals surface area contributed by atoms with Crippen LogP contribution >= 0.6 is 0 Å². The molecule has 2 N–H and O–H groups in total. The normalized spacial score (nSPS) is 28.1. The molecule has 1 aliphatic heterocycles. The van der Waals surface area contributed by atoms with Gasteiger partial charge in [-0.2, -0.15) is 5.10 Å².